The molecule has 22 heavy (non-hydrogen) atoms. The van der Waals surface area contributed by atoms with E-state index < -0.39 is 0 Å². The molecule has 0 saturated heterocycles. The van der Waals surface area contributed by atoms with Crippen molar-refractivity contribution in [1.29, 1.82) is 0 Å². The maximum Gasteiger partial charge on any atom is 0.226 e. The van der Waals surface area contributed by atoms with Gasteiger partial charge in [-0.2, -0.15) is 0 Å². The molecule has 0 spiro atoms. The zero-order valence-corrected chi connectivity index (χ0v) is 15.3. The average Bonchev–Trinajstić information content (AvgIpc) is 2.75. The second-order valence-corrected chi connectivity index (χ2v) is 7.15. The molecule has 0 bridgehead atoms. The summed E-state index contributed by atoms with van der Waals surface area (Å²) in [5, 5.41) is 3.49. The van der Waals surface area contributed by atoms with Gasteiger partial charge in [-0.1, -0.05) is 6.07 Å². The van der Waals surface area contributed by atoms with Gasteiger partial charge >= 0.3 is 0 Å². The summed E-state index contributed by atoms with van der Waals surface area (Å²) in [5.74, 6) is 0.775. The third kappa shape index (κ3) is 4.81. The molecule has 6 heteroatoms. The Morgan fingerprint density at radius 1 is 1.36 bits per heavy atom. The van der Waals surface area contributed by atoms with E-state index in [2.05, 4.69) is 26.2 Å². The van der Waals surface area contributed by atoms with Crippen LogP contribution in [0.1, 0.15) is 29.0 Å². The van der Waals surface area contributed by atoms with Crippen LogP contribution in [0.3, 0.4) is 0 Å². The molecule has 1 N–H and O–H groups in total. The number of aromatic nitrogens is 1. The van der Waals surface area contributed by atoms with Crippen LogP contribution in [-0.2, 0) is 4.79 Å². The second-order valence-electron chi connectivity index (χ2n) is 5.09. The smallest absolute Gasteiger partial charge is 0.226 e. The molecule has 0 radical (unpaired) electrons. The Balaban J connectivity index is 1.73. The summed E-state index contributed by atoms with van der Waals surface area (Å²) in [5.41, 5.74) is 2.14. The number of hydrogen-bond donors (Lipinski definition) is 1. The van der Waals surface area contributed by atoms with Crippen molar-refractivity contribution in [3.8, 4) is 5.75 Å². The summed E-state index contributed by atoms with van der Waals surface area (Å²) in [6, 6.07) is 5.94. The topological polar surface area (TPSA) is 51.2 Å². The van der Waals surface area contributed by atoms with E-state index in [0.717, 1.165) is 20.8 Å². The lowest BCUT2D eigenvalue weighted by molar-refractivity contribution is -0.116. The van der Waals surface area contributed by atoms with Gasteiger partial charge in [-0.05, 0) is 60.8 Å². The monoisotopic (exact) mass is 382 g/mol. The standard InChI is InChI=1S/C16H19BrN2O2S/c1-10-6-7-14(13(17)9-10)21-8-4-5-15(20)19-16-18-11(2)12(3)22-16/h6-7,9H,4-5,8H2,1-3H3,(H,18,19,20). The van der Waals surface area contributed by atoms with Crippen LogP contribution in [0.15, 0.2) is 22.7 Å². The predicted molar refractivity (Wildman–Crippen MR) is 93.8 cm³/mol. The largest absolute Gasteiger partial charge is 0.492 e. The van der Waals surface area contributed by atoms with Gasteiger partial charge in [0, 0.05) is 11.3 Å². The molecule has 118 valence electrons. The highest BCUT2D eigenvalue weighted by Crippen LogP contribution is 2.26. The molecular formula is C16H19BrN2O2S. The molecule has 4 nitrogen and oxygen atoms in total. The first-order valence-corrected chi connectivity index (χ1v) is 8.69. The summed E-state index contributed by atoms with van der Waals surface area (Å²) in [6.45, 7) is 6.47. The van der Waals surface area contributed by atoms with Crippen LogP contribution in [0.4, 0.5) is 5.13 Å². The highest BCUT2D eigenvalue weighted by atomic mass is 79.9. The van der Waals surface area contributed by atoms with Crippen molar-refractivity contribution in [2.24, 2.45) is 0 Å². The minimum atomic E-state index is -0.0275. The van der Waals surface area contributed by atoms with Crippen molar-refractivity contribution in [1.82, 2.24) is 4.98 Å². The Morgan fingerprint density at radius 2 is 2.14 bits per heavy atom. The highest BCUT2D eigenvalue weighted by Gasteiger charge is 2.08. The lowest BCUT2D eigenvalue weighted by Gasteiger charge is -2.08. The van der Waals surface area contributed by atoms with Gasteiger partial charge in [-0.15, -0.1) is 11.3 Å². The minimum Gasteiger partial charge on any atom is -0.492 e. The van der Waals surface area contributed by atoms with E-state index in [-0.39, 0.29) is 5.91 Å². The predicted octanol–water partition coefficient (Wildman–Crippen LogP) is 4.63. The normalized spacial score (nSPS) is 10.5. The van der Waals surface area contributed by atoms with Crippen molar-refractivity contribution in [3.05, 3.63) is 38.8 Å². The van der Waals surface area contributed by atoms with Crippen molar-refractivity contribution in [3.63, 3.8) is 0 Å². The van der Waals surface area contributed by atoms with Gasteiger partial charge in [-0.3, -0.25) is 4.79 Å². The number of nitrogens with zero attached hydrogens (tertiary/aromatic N) is 1. The van der Waals surface area contributed by atoms with Crippen LogP contribution in [0.2, 0.25) is 0 Å². The van der Waals surface area contributed by atoms with Crippen LogP contribution < -0.4 is 10.1 Å². The molecule has 1 heterocycles. The average molecular weight is 383 g/mol. The number of hydrogen-bond acceptors (Lipinski definition) is 4. The number of carbonyl (C=O) groups is 1. The molecule has 0 fully saturated rings. The lowest BCUT2D eigenvalue weighted by atomic mass is 10.2. The number of nitrogens with one attached hydrogen (secondary N) is 1. The van der Waals surface area contributed by atoms with Crippen molar-refractivity contribution >= 4 is 38.3 Å². The SMILES string of the molecule is Cc1ccc(OCCCC(=O)Nc2nc(C)c(C)s2)c(Br)c1. The van der Waals surface area contributed by atoms with Gasteiger partial charge in [0.1, 0.15) is 5.75 Å². The second kappa shape index (κ2) is 7.74. The van der Waals surface area contributed by atoms with Gasteiger partial charge in [-0.25, -0.2) is 4.98 Å². The maximum atomic E-state index is 11.8. The van der Waals surface area contributed by atoms with Gasteiger partial charge in [0.15, 0.2) is 5.13 Å². The quantitative estimate of drug-likeness (QED) is 0.740. The summed E-state index contributed by atoms with van der Waals surface area (Å²) >= 11 is 4.97. The van der Waals surface area contributed by atoms with Crippen molar-refractivity contribution in [2.75, 3.05) is 11.9 Å². The number of amides is 1. The Labute approximate surface area is 143 Å². The molecule has 0 unspecified atom stereocenters. The summed E-state index contributed by atoms with van der Waals surface area (Å²) in [7, 11) is 0. The summed E-state index contributed by atoms with van der Waals surface area (Å²) in [4.78, 5) is 17.3. The molecule has 0 aliphatic carbocycles. The van der Waals surface area contributed by atoms with Crippen LogP contribution in [0.5, 0.6) is 5.75 Å². The van der Waals surface area contributed by atoms with Gasteiger partial charge < -0.3 is 10.1 Å². The molecule has 1 aromatic heterocycles. The van der Waals surface area contributed by atoms with Gasteiger partial charge in [0.2, 0.25) is 5.91 Å². The summed E-state index contributed by atoms with van der Waals surface area (Å²) in [6.07, 6.45) is 1.08. The number of anilines is 1. The van der Waals surface area contributed by atoms with E-state index in [1.54, 1.807) is 0 Å². The van der Waals surface area contributed by atoms with Crippen LogP contribution >= 0.6 is 27.3 Å². The van der Waals surface area contributed by atoms with Crippen LogP contribution in [-0.4, -0.2) is 17.5 Å². The molecule has 2 aromatic rings. The fraction of sp³-hybridized carbons (Fsp3) is 0.375. The van der Waals surface area contributed by atoms with E-state index in [1.165, 1.54) is 16.9 Å². The highest BCUT2D eigenvalue weighted by molar-refractivity contribution is 9.10. The minimum absolute atomic E-state index is 0.0275. The lowest BCUT2D eigenvalue weighted by Crippen LogP contribution is -2.12. The zero-order valence-electron chi connectivity index (χ0n) is 12.9. The molecular weight excluding hydrogens is 364 g/mol. The third-order valence-corrected chi connectivity index (χ3v) is 4.78. The number of thiazole rings is 1. The Bertz CT molecular complexity index is 651. The number of halogens is 1. The molecule has 0 aliphatic heterocycles. The first-order chi connectivity index (χ1) is 10.5. The van der Waals surface area contributed by atoms with Crippen molar-refractivity contribution in [2.45, 2.75) is 33.6 Å². The summed E-state index contributed by atoms with van der Waals surface area (Å²) < 4.78 is 6.61. The molecule has 1 amide bonds. The fourth-order valence-electron chi connectivity index (χ4n) is 1.85. The van der Waals surface area contributed by atoms with E-state index in [0.29, 0.717) is 24.6 Å². The molecule has 0 saturated carbocycles. The molecule has 1 aromatic carbocycles. The number of benzene rings is 1. The van der Waals surface area contributed by atoms with Gasteiger partial charge in [0.25, 0.3) is 0 Å². The third-order valence-electron chi connectivity index (χ3n) is 3.17. The van der Waals surface area contributed by atoms with Gasteiger partial charge in [0.05, 0.1) is 16.8 Å². The van der Waals surface area contributed by atoms with E-state index in [1.807, 2.05) is 39.0 Å². The van der Waals surface area contributed by atoms with Crippen molar-refractivity contribution < 1.29 is 9.53 Å². The molecule has 0 atom stereocenters. The Kier molecular flexibility index (Phi) is 5.97. The van der Waals surface area contributed by atoms with Crippen LogP contribution in [0.25, 0.3) is 0 Å². The van der Waals surface area contributed by atoms with E-state index in [9.17, 15) is 4.79 Å². The number of ether oxygens (including phenoxy) is 1. The molecule has 0 aliphatic rings. The maximum absolute atomic E-state index is 11.8. The number of aryl methyl sites for hydroxylation is 3. The number of rotatable bonds is 6. The Morgan fingerprint density at radius 3 is 2.77 bits per heavy atom. The first-order valence-electron chi connectivity index (χ1n) is 7.08. The first kappa shape index (κ1) is 17.0. The fourth-order valence-corrected chi connectivity index (χ4v) is 3.28. The van der Waals surface area contributed by atoms with E-state index in [4.69, 9.17) is 4.74 Å². The number of carbonyl (C=O) groups excluding carboxylic acids is 1. The molecule has 2 rings (SSSR count). The zero-order chi connectivity index (χ0) is 16.1. The Hall–Kier alpha value is -1.40. The van der Waals surface area contributed by atoms with E-state index >= 15 is 0 Å². The van der Waals surface area contributed by atoms with Crippen LogP contribution in [0, 0.1) is 20.8 Å².